The van der Waals surface area contributed by atoms with E-state index in [1.165, 1.54) is 18.2 Å². The molecule has 0 fully saturated rings. The molecule has 0 radical (unpaired) electrons. The molecular formula is C25H18BrNO6. The van der Waals surface area contributed by atoms with Crippen LogP contribution in [0.25, 0.3) is 0 Å². The number of ketones is 1. The van der Waals surface area contributed by atoms with Gasteiger partial charge in [0.05, 0.1) is 29.0 Å². The number of halogens is 1. The molecule has 0 bridgehead atoms. The highest BCUT2D eigenvalue weighted by molar-refractivity contribution is 9.10. The molecule has 1 aliphatic rings. The van der Waals surface area contributed by atoms with Crippen molar-refractivity contribution in [1.29, 1.82) is 0 Å². The molecule has 1 heterocycles. The third kappa shape index (κ3) is 4.56. The minimum atomic E-state index is -0.761. The van der Waals surface area contributed by atoms with Crippen LogP contribution in [0.1, 0.15) is 48.4 Å². The van der Waals surface area contributed by atoms with Crippen molar-refractivity contribution in [3.8, 4) is 5.75 Å². The van der Waals surface area contributed by atoms with Crippen LogP contribution in [0.15, 0.2) is 71.2 Å². The van der Waals surface area contributed by atoms with Gasteiger partial charge in [-0.15, -0.1) is 0 Å². The fourth-order valence-corrected chi connectivity index (χ4v) is 3.66. The molecule has 0 saturated carbocycles. The maximum absolute atomic E-state index is 12.9. The van der Waals surface area contributed by atoms with Crippen molar-refractivity contribution < 1.29 is 28.7 Å². The van der Waals surface area contributed by atoms with E-state index < -0.39 is 24.4 Å². The van der Waals surface area contributed by atoms with E-state index in [2.05, 4.69) is 15.9 Å². The molecule has 0 aliphatic carbocycles. The van der Waals surface area contributed by atoms with Crippen molar-refractivity contribution >= 4 is 45.2 Å². The summed E-state index contributed by atoms with van der Waals surface area (Å²) in [6.07, 6.45) is 0. The number of Topliss-reactive ketones (excluding diaryl/α,β-unsaturated/α-hetero) is 1. The van der Waals surface area contributed by atoms with Crippen LogP contribution in [0, 0.1) is 0 Å². The molecule has 0 spiro atoms. The molecule has 166 valence electrons. The Labute approximate surface area is 198 Å². The number of imide groups is 1. The largest absolute Gasteiger partial charge is 0.494 e. The van der Waals surface area contributed by atoms with Gasteiger partial charge in [0.2, 0.25) is 0 Å². The normalized spacial score (nSPS) is 12.5. The van der Waals surface area contributed by atoms with Crippen LogP contribution in [-0.4, -0.2) is 36.8 Å². The summed E-state index contributed by atoms with van der Waals surface area (Å²) in [4.78, 5) is 51.5. The molecular weight excluding hydrogens is 490 g/mol. The van der Waals surface area contributed by atoms with Gasteiger partial charge < -0.3 is 9.47 Å². The standard InChI is InChI=1S/C25H18BrNO6/c1-2-32-19-10-8-18(9-11-19)27-23(29)20-12-5-16(13-21(20)24(27)30)25(31)33-14-22(28)15-3-6-17(26)7-4-15/h3-13H,2,14H2,1H3. The molecule has 7 nitrogen and oxygen atoms in total. The van der Waals surface area contributed by atoms with Crippen molar-refractivity contribution in [2.75, 3.05) is 18.1 Å². The highest BCUT2D eigenvalue weighted by Gasteiger charge is 2.37. The third-order valence-corrected chi connectivity index (χ3v) is 5.56. The second kappa shape index (κ2) is 9.38. The highest BCUT2D eigenvalue weighted by atomic mass is 79.9. The lowest BCUT2D eigenvalue weighted by Crippen LogP contribution is -2.29. The number of esters is 1. The van der Waals surface area contributed by atoms with Crippen LogP contribution in [0.5, 0.6) is 5.75 Å². The molecule has 0 N–H and O–H groups in total. The summed E-state index contributed by atoms with van der Waals surface area (Å²) >= 11 is 3.29. The zero-order chi connectivity index (χ0) is 23.5. The van der Waals surface area contributed by atoms with Gasteiger partial charge in [0, 0.05) is 10.0 Å². The minimum Gasteiger partial charge on any atom is -0.494 e. The smallest absolute Gasteiger partial charge is 0.338 e. The lowest BCUT2D eigenvalue weighted by Gasteiger charge is -2.14. The molecule has 0 unspecified atom stereocenters. The van der Waals surface area contributed by atoms with Crippen LogP contribution in [0.4, 0.5) is 5.69 Å². The van der Waals surface area contributed by atoms with E-state index in [-0.39, 0.29) is 22.5 Å². The molecule has 0 aromatic heterocycles. The second-order valence-corrected chi connectivity index (χ2v) is 8.05. The zero-order valence-corrected chi connectivity index (χ0v) is 19.1. The van der Waals surface area contributed by atoms with Crippen LogP contribution in [0.3, 0.4) is 0 Å². The number of benzene rings is 3. The van der Waals surface area contributed by atoms with Crippen molar-refractivity contribution in [2.45, 2.75) is 6.92 Å². The monoisotopic (exact) mass is 507 g/mol. The van der Waals surface area contributed by atoms with E-state index in [0.29, 0.717) is 23.6 Å². The summed E-state index contributed by atoms with van der Waals surface area (Å²) in [6, 6.07) is 17.4. The molecule has 0 saturated heterocycles. The number of anilines is 1. The van der Waals surface area contributed by atoms with Crippen molar-refractivity contribution in [2.24, 2.45) is 0 Å². The Morgan fingerprint density at radius 1 is 0.848 bits per heavy atom. The van der Waals surface area contributed by atoms with Crippen molar-refractivity contribution in [3.05, 3.63) is 93.5 Å². The first kappa shape index (κ1) is 22.4. The molecule has 8 heteroatoms. The summed E-state index contributed by atoms with van der Waals surface area (Å²) in [6.45, 7) is 1.92. The molecule has 4 rings (SSSR count). The van der Waals surface area contributed by atoms with Gasteiger partial charge >= 0.3 is 5.97 Å². The average Bonchev–Trinajstić information content (AvgIpc) is 3.08. The van der Waals surface area contributed by atoms with Crippen LogP contribution in [0.2, 0.25) is 0 Å². The van der Waals surface area contributed by atoms with Crippen molar-refractivity contribution in [3.63, 3.8) is 0 Å². The Hall–Kier alpha value is -3.78. The van der Waals surface area contributed by atoms with E-state index in [1.807, 2.05) is 6.92 Å². The first-order valence-electron chi connectivity index (χ1n) is 10.1. The maximum Gasteiger partial charge on any atom is 0.338 e. The van der Waals surface area contributed by atoms with Gasteiger partial charge in [-0.05, 0) is 61.5 Å². The third-order valence-electron chi connectivity index (χ3n) is 5.03. The number of carbonyl (C=O) groups is 4. The summed E-state index contributed by atoms with van der Waals surface area (Å²) in [5, 5.41) is 0. The predicted octanol–water partition coefficient (Wildman–Crippen LogP) is 4.69. The molecule has 3 aromatic rings. The van der Waals surface area contributed by atoms with Gasteiger partial charge in [-0.1, -0.05) is 28.1 Å². The second-order valence-electron chi connectivity index (χ2n) is 7.14. The van der Waals surface area contributed by atoms with Gasteiger partial charge in [0.15, 0.2) is 12.4 Å². The number of rotatable bonds is 7. The highest BCUT2D eigenvalue weighted by Crippen LogP contribution is 2.30. The Balaban J connectivity index is 1.48. The molecule has 2 amide bonds. The Morgan fingerprint density at radius 3 is 2.15 bits per heavy atom. The average molecular weight is 508 g/mol. The van der Waals surface area contributed by atoms with E-state index in [9.17, 15) is 19.2 Å². The Kier molecular flexibility index (Phi) is 6.37. The number of nitrogens with zero attached hydrogens (tertiary/aromatic N) is 1. The van der Waals surface area contributed by atoms with E-state index in [4.69, 9.17) is 9.47 Å². The maximum atomic E-state index is 12.9. The molecule has 0 atom stereocenters. The molecule has 33 heavy (non-hydrogen) atoms. The fourth-order valence-electron chi connectivity index (χ4n) is 3.39. The van der Waals surface area contributed by atoms with Crippen LogP contribution < -0.4 is 9.64 Å². The van der Waals surface area contributed by atoms with Crippen LogP contribution in [-0.2, 0) is 4.74 Å². The molecule has 3 aromatic carbocycles. The van der Waals surface area contributed by atoms with Gasteiger partial charge in [-0.3, -0.25) is 14.4 Å². The SMILES string of the molecule is CCOc1ccc(N2C(=O)c3ccc(C(=O)OCC(=O)c4ccc(Br)cc4)cc3C2=O)cc1. The fraction of sp³-hybridized carbons (Fsp3) is 0.120. The topological polar surface area (TPSA) is 90.0 Å². The van der Waals surface area contributed by atoms with E-state index in [1.54, 1.807) is 48.5 Å². The number of hydrogen-bond donors (Lipinski definition) is 0. The van der Waals surface area contributed by atoms with Gasteiger partial charge in [-0.25, -0.2) is 9.69 Å². The van der Waals surface area contributed by atoms with Gasteiger partial charge in [-0.2, -0.15) is 0 Å². The summed E-state index contributed by atoms with van der Waals surface area (Å²) < 4.78 is 11.3. The van der Waals surface area contributed by atoms with Crippen LogP contribution >= 0.6 is 15.9 Å². The number of ether oxygens (including phenoxy) is 2. The van der Waals surface area contributed by atoms with Crippen molar-refractivity contribution in [1.82, 2.24) is 0 Å². The number of fused-ring (bicyclic) bond motifs is 1. The first-order chi connectivity index (χ1) is 15.9. The molecule has 1 aliphatic heterocycles. The van der Waals surface area contributed by atoms with E-state index >= 15 is 0 Å². The summed E-state index contributed by atoms with van der Waals surface area (Å²) in [7, 11) is 0. The number of hydrogen-bond acceptors (Lipinski definition) is 6. The van der Waals surface area contributed by atoms with Gasteiger partial charge in [0.1, 0.15) is 5.75 Å². The minimum absolute atomic E-state index is 0.0760. The Morgan fingerprint density at radius 2 is 1.48 bits per heavy atom. The summed E-state index contributed by atoms with van der Waals surface area (Å²) in [5.74, 6) is -1.52. The zero-order valence-electron chi connectivity index (χ0n) is 17.5. The van der Waals surface area contributed by atoms with Gasteiger partial charge in [0.25, 0.3) is 11.8 Å². The lowest BCUT2D eigenvalue weighted by molar-refractivity contribution is 0.0474. The Bertz CT molecular complexity index is 1250. The quantitative estimate of drug-likeness (QED) is 0.262. The first-order valence-corrected chi connectivity index (χ1v) is 10.9. The lowest BCUT2D eigenvalue weighted by atomic mass is 10.1. The van der Waals surface area contributed by atoms with E-state index in [0.717, 1.165) is 9.37 Å². The predicted molar refractivity (Wildman–Crippen MR) is 124 cm³/mol. The number of carbonyl (C=O) groups excluding carboxylic acids is 4. The number of amides is 2. The summed E-state index contributed by atoms with van der Waals surface area (Å²) in [5.41, 5.74) is 1.17.